The van der Waals surface area contributed by atoms with Crippen LogP contribution in [0.4, 0.5) is 0 Å². The van der Waals surface area contributed by atoms with E-state index in [1.54, 1.807) is 6.26 Å². The van der Waals surface area contributed by atoms with Gasteiger partial charge in [0, 0.05) is 22.0 Å². The summed E-state index contributed by atoms with van der Waals surface area (Å²) < 4.78 is 6.68. The van der Waals surface area contributed by atoms with Gasteiger partial charge in [-0.15, -0.1) is 0 Å². The van der Waals surface area contributed by atoms with Crippen LogP contribution in [0.2, 0.25) is 0 Å². The van der Waals surface area contributed by atoms with Gasteiger partial charge in [0.25, 0.3) is 0 Å². The fourth-order valence-electron chi connectivity index (χ4n) is 2.11. The van der Waals surface area contributed by atoms with Crippen molar-refractivity contribution in [1.29, 1.82) is 0 Å². The molecule has 0 unspecified atom stereocenters. The molecule has 0 radical (unpaired) electrons. The van der Waals surface area contributed by atoms with Crippen LogP contribution in [0.5, 0.6) is 0 Å². The molecule has 1 N–H and O–H groups in total. The third kappa shape index (κ3) is 3.16. The Morgan fingerprint density at radius 1 is 0.947 bits per heavy atom. The smallest absolute Gasteiger partial charge is 0.134 e. The minimum atomic E-state index is 0.849. The Labute approximate surface area is 126 Å². The van der Waals surface area contributed by atoms with Crippen molar-refractivity contribution in [2.45, 2.75) is 13.1 Å². The van der Waals surface area contributed by atoms with Gasteiger partial charge < -0.3 is 9.73 Å². The van der Waals surface area contributed by atoms with Gasteiger partial charge in [0.05, 0.1) is 6.26 Å². The molecule has 0 aliphatic heterocycles. The number of hydrogen-bond acceptors (Lipinski definition) is 2. The van der Waals surface area contributed by atoms with Crippen LogP contribution >= 0.6 is 22.6 Å². The number of nitrogens with one attached hydrogen (secondary N) is 1. The van der Waals surface area contributed by atoms with Gasteiger partial charge in [-0.05, 0) is 58.0 Å². The van der Waals surface area contributed by atoms with Crippen LogP contribution in [0.1, 0.15) is 11.1 Å². The SMILES string of the molecule is Ic1cccc(CNCc2ccc3ccoc3c2)c1. The molecule has 0 bridgehead atoms. The molecule has 3 rings (SSSR count). The van der Waals surface area contributed by atoms with Crippen LogP contribution in [-0.4, -0.2) is 0 Å². The molecule has 3 aromatic rings. The molecule has 0 aliphatic rings. The van der Waals surface area contributed by atoms with Gasteiger partial charge in [-0.1, -0.05) is 24.3 Å². The maximum Gasteiger partial charge on any atom is 0.134 e. The molecular weight excluding hydrogens is 349 g/mol. The molecule has 1 heterocycles. The molecule has 0 saturated heterocycles. The van der Waals surface area contributed by atoms with Gasteiger partial charge in [-0.3, -0.25) is 0 Å². The van der Waals surface area contributed by atoms with Crippen LogP contribution in [0.3, 0.4) is 0 Å². The molecule has 0 amide bonds. The maximum atomic E-state index is 5.41. The van der Waals surface area contributed by atoms with Crippen molar-refractivity contribution in [3.05, 3.63) is 69.5 Å². The molecule has 3 heteroatoms. The first-order chi connectivity index (χ1) is 9.31. The third-order valence-corrected chi connectivity index (χ3v) is 3.74. The third-order valence-electron chi connectivity index (χ3n) is 3.07. The molecular formula is C16H14INO. The number of halogens is 1. The highest BCUT2D eigenvalue weighted by Gasteiger charge is 1.99. The summed E-state index contributed by atoms with van der Waals surface area (Å²) in [6, 6.07) is 16.9. The second-order valence-electron chi connectivity index (χ2n) is 4.53. The second kappa shape index (κ2) is 5.75. The predicted molar refractivity (Wildman–Crippen MR) is 85.9 cm³/mol. The normalized spacial score (nSPS) is 11.0. The molecule has 19 heavy (non-hydrogen) atoms. The fraction of sp³-hybridized carbons (Fsp3) is 0.125. The van der Waals surface area contributed by atoms with Crippen molar-refractivity contribution in [2.75, 3.05) is 0 Å². The van der Waals surface area contributed by atoms with E-state index >= 15 is 0 Å². The topological polar surface area (TPSA) is 25.2 Å². The largest absolute Gasteiger partial charge is 0.464 e. The maximum absolute atomic E-state index is 5.41. The number of hydrogen-bond donors (Lipinski definition) is 1. The zero-order chi connectivity index (χ0) is 13.1. The molecule has 0 saturated carbocycles. The van der Waals surface area contributed by atoms with Crippen LogP contribution < -0.4 is 5.32 Å². The molecule has 0 aliphatic carbocycles. The van der Waals surface area contributed by atoms with E-state index in [4.69, 9.17) is 4.42 Å². The minimum Gasteiger partial charge on any atom is -0.464 e. The average molecular weight is 363 g/mol. The van der Waals surface area contributed by atoms with E-state index in [2.05, 4.69) is 70.4 Å². The van der Waals surface area contributed by atoms with Crippen LogP contribution in [-0.2, 0) is 13.1 Å². The summed E-state index contributed by atoms with van der Waals surface area (Å²) >= 11 is 2.34. The molecule has 0 atom stereocenters. The molecule has 2 aromatic carbocycles. The van der Waals surface area contributed by atoms with Crippen molar-refractivity contribution >= 4 is 33.6 Å². The van der Waals surface area contributed by atoms with Crippen molar-refractivity contribution in [1.82, 2.24) is 5.32 Å². The minimum absolute atomic E-state index is 0.849. The Hall–Kier alpha value is -1.33. The summed E-state index contributed by atoms with van der Waals surface area (Å²) in [6.07, 6.45) is 1.73. The highest BCUT2D eigenvalue weighted by molar-refractivity contribution is 14.1. The molecule has 2 nitrogen and oxygen atoms in total. The summed E-state index contributed by atoms with van der Waals surface area (Å²) in [4.78, 5) is 0. The first-order valence-corrected chi connectivity index (χ1v) is 7.30. The Kier molecular flexibility index (Phi) is 3.84. The van der Waals surface area contributed by atoms with Gasteiger partial charge in [-0.2, -0.15) is 0 Å². The summed E-state index contributed by atoms with van der Waals surface area (Å²) in [5.74, 6) is 0. The lowest BCUT2D eigenvalue weighted by Crippen LogP contribution is -2.12. The molecule has 1 aromatic heterocycles. The van der Waals surface area contributed by atoms with E-state index < -0.39 is 0 Å². The average Bonchev–Trinajstić information content (AvgIpc) is 2.86. The van der Waals surface area contributed by atoms with E-state index in [1.165, 1.54) is 14.7 Å². The van der Waals surface area contributed by atoms with Crippen LogP contribution in [0.15, 0.2) is 59.2 Å². The summed E-state index contributed by atoms with van der Waals surface area (Å²) in [6.45, 7) is 1.73. The number of furan rings is 1. The van der Waals surface area contributed by atoms with E-state index in [0.717, 1.165) is 24.1 Å². The Morgan fingerprint density at radius 3 is 2.63 bits per heavy atom. The van der Waals surface area contributed by atoms with E-state index in [0.29, 0.717) is 0 Å². The van der Waals surface area contributed by atoms with E-state index in [9.17, 15) is 0 Å². The summed E-state index contributed by atoms with van der Waals surface area (Å²) in [5, 5.41) is 4.61. The van der Waals surface area contributed by atoms with Crippen molar-refractivity contribution in [3.8, 4) is 0 Å². The lowest BCUT2D eigenvalue weighted by Gasteiger charge is -2.05. The van der Waals surface area contributed by atoms with Crippen molar-refractivity contribution in [2.24, 2.45) is 0 Å². The zero-order valence-electron chi connectivity index (χ0n) is 10.4. The Bertz CT molecular complexity index is 690. The highest BCUT2D eigenvalue weighted by Crippen LogP contribution is 2.17. The first-order valence-electron chi connectivity index (χ1n) is 6.22. The lowest BCUT2D eigenvalue weighted by molar-refractivity contribution is 0.614. The van der Waals surface area contributed by atoms with Gasteiger partial charge >= 0.3 is 0 Å². The summed E-state index contributed by atoms with van der Waals surface area (Å²) in [7, 11) is 0. The van der Waals surface area contributed by atoms with Crippen molar-refractivity contribution < 1.29 is 4.42 Å². The summed E-state index contributed by atoms with van der Waals surface area (Å²) in [5.41, 5.74) is 3.51. The molecule has 0 spiro atoms. The lowest BCUT2D eigenvalue weighted by atomic mass is 10.1. The number of rotatable bonds is 4. The van der Waals surface area contributed by atoms with Crippen LogP contribution in [0, 0.1) is 3.57 Å². The first kappa shape index (κ1) is 12.7. The standard InChI is InChI=1S/C16H14INO/c17-15-3-1-2-12(8-15)10-18-11-13-4-5-14-6-7-19-16(14)9-13/h1-9,18H,10-11H2. The predicted octanol–water partition coefficient (Wildman–Crippen LogP) is 4.33. The second-order valence-corrected chi connectivity index (χ2v) is 5.77. The molecule has 0 fully saturated rings. The van der Waals surface area contributed by atoms with Gasteiger partial charge in [-0.25, -0.2) is 0 Å². The Balaban J connectivity index is 1.62. The number of fused-ring (bicyclic) bond motifs is 1. The van der Waals surface area contributed by atoms with Gasteiger partial charge in [0.15, 0.2) is 0 Å². The van der Waals surface area contributed by atoms with Crippen molar-refractivity contribution in [3.63, 3.8) is 0 Å². The van der Waals surface area contributed by atoms with Gasteiger partial charge in [0.1, 0.15) is 5.58 Å². The quantitative estimate of drug-likeness (QED) is 0.699. The van der Waals surface area contributed by atoms with Gasteiger partial charge in [0.2, 0.25) is 0 Å². The van der Waals surface area contributed by atoms with Crippen LogP contribution in [0.25, 0.3) is 11.0 Å². The van der Waals surface area contributed by atoms with E-state index in [-0.39, 0.29) is 0 Å². The zero-order valence-corrected chi connectivity index (χ0v) is 12.6. The fourth-order valence-corrected chi connectivity index (χ4v) is 2.71. The number of benzene rings is 2. The monoisotopic (exact) mass is 363 g/mol. The van der Waals surface area contributed by atoms with E-state index in [1.807, 2.05) is 6.07 Å². The highest BCUT2D eigenvalue weighted by atomic mass is 127. The Morgan fingerprint density at radius 2 is 1.79 bits per heavy atom. The molecule has 96 valence electrons.